The van der Waals surface area contributed by atoms with E-state index in [-0.39, 0.29) is 5.82 Å². The van der Waals surface area contributed by atoms with E-state index in [9.17, 15) is 9.18 Å². The van der Waals surface area contributed by atoms with Crippen LogP contribution in [0.15, 0.2) is 18.2 Å². The molecule has 0 spiro atoms. The third kappa shape index (κ3) is 2.15. The number of aldehydes is 1. The van der Waals surface area contributed by atoms with Crippen molar-refractivity contribution in [2.45, 2.75) is 0 Å². The lowest BCUT2D eigenvalue weighted by molar-refractivity contribution is 0.112. The standard InChI is InChI=1S/C11H12FNO2/c12-10-7-9(8-14)1-2-11(10)13-3-5-15-6-4-13/h1-2,7-8H,3-6H2. The fourth-order valence-corrected chi connectivity index (χ4v) is 1.66. The van der Waals surface area contributed by atoms with Crippen LogP contribution in [0.3, 0.4) is 0 Å². The molecule has 0 N–H and O–H groups in total. The summed E-state index contributed by atoms with van der Waals surface area (Å²) in [7, 11) is 0. The molecule has 0 aromatic heterocycles. The maximum absolute atomic E-state index is 13.6. The minimum absolute atomic E-state index is 0.346. The van der Waals surface area contributed by atoms with E-state index in [1.807, 2.05) is 4.90 Å². The molecular weight excluding hydrogens is 197 g/mol. The smallest absolute Gasteiger partial charge is 0.150 e. The lowest BCUT2D eigenvalue weighted by Crippen LogP contribution is -2.36. The van der Waals surface area contributed by atoms with Crippen LogP contribution >= 0.6 is 0 Å². The number of benzene rings is 1. The molecule has 0 unspecified atom stereocenters. The van der Waals surface area contributed by atoms with Crippen molar-refractivity contribution >= 4 is 12.0 Å². The first-order chi connectivity index (χ1) is 7.31. The van der Waals surface area contributed by atoms with Gasteiger partial charge in [-0.2, -0.15) is 0 Å². The van der Waals surface area contributed by atoms with Gasteiger partial charge >= 0.3 is 0 Å². The Hall–Kier alpha value is -1.42. The van der Waals surface area contributed by atoms with Crippen LogP contribution in [-0.2, 0) is 4.74 Å². The largest absolute Gasteiger partial charge is 0.378 e. The molecule has 1 aromatic carbocycles. The SMILES string of the molecule is O=Cc1ccc(N2CCOCC2)c(F)c1. The Bertz CT molecular complexity index is 362. The maximum atomic E-state index is 13.6. The van der Waals surface area contributed by atoms with E-state index in [1.54, 1.807) is 12.1 Å². The number of morpholine rings is 1. The Morgan fingerprint density at radius 2 is 2.07 bits per heavy atom. The second kappa shape index (κ2) is 4.40. The lowest BCUT2D eigenvalue weighted by Gasteiger charge is -2.29. The molecule has 4 heteroatoms. The first-order valence-electron chi connectivity index (χ1n) is 4.88. The number of anilines is 1. The molecule has 3 nitrogen and oxygen atoms in total. The van der Waals surface area contributed by atoms with Gasteiger partial charge < -0.3 is 9.64 Å². The second-order valence-corrected chi connectivity index (χ2v) is 3.43. The predicted octanol–water partition coefficient (Wildman–Crippen LogP) is 1.47. The van der Waals surface area contributed by atoms with Gasteiger partial charge in [0.05, 0.1) is 18.9 Å². The molecule has 0 amide bonds. The van der Waals surface area contributed by atoms with Crippen LogP contribution in [0.1, 0.15) is 10.4 Å². The van der Waals surface area contributed by atoms with Gasteiger partial charge in [0.2, 0.25) is 0 Å². The average Bonchev–Trinajstić information content (AvgIpc) is 2.30. The molecule has 15 heavy (non-hydrogen) atoms. The number of carbonyl (C=O) groups excluding carboxylic acids is 1. The summed E-state index contributed by atoms with van der Waals surface area (Å²) in [4.78, 5) is 12.4. The van der Waals surface area contributed by atoms with E-state index in [2.05, 4.69) is 0 Å². The Morgan fingerprint density at radius 1 is 1.33 bits per heavy atom. The maximum Gasteiger partial charge on any atom is 0.150 e. The van der Waals surface area contributed by atoms with E-state index in [1.165, 1.54) is 6.07 Å². The lowest BCUT2D eigenvalue weighted by atomic mass is 10.2. The number of halogens is 1. The van der Waals surface area contributed by atoms with Gasteiger partial charge in [0, 0.05) is 18.7 Å². The highest BCUT2D eigenvalue weighted by Gasteiger charge is 2.14. The molecule has 0 radical (unpaired) electrons. The minimum atomic E-state index is -0.346. The molecule has 0 atom stereocenters. The summed E-state index contributed by atoms with van der Waals surface area (Å²) in [5.41, 5.74) is 0.911. The van der Waals surface area contributed by atoms with Gasteiger partial charge in [0.25, 0.3) is 0 Å². The van der Waals surface area contributed by atoms with Crippen LogP contribution in [0, 0.1) is 5.82 Å². The van der Waals surface area contributed by atoms with Crippen LogP contribution < -0.4 is 4.90 Å². The number of rotatable bonds is 2. The Morgan fingerprint density at radius 3 is 2.67 bits per heavy atom. The third-order valence-electron chi connectivity index (χ3n) is 2.46. The summed E-state index contributed by atoms with van der Waals surface area (Å²) in [6.45, 7) is 2.62. The van der Waals surface area contributed by atoms with Crippen LogP contribution in [0.25, 0.3) is 0 Å². The van der Waals surface area contributed by atoms with Crippen LogP contribution in [0.2, 0.25) is 0 Å². The summed E-state index contributed by atoms with van der Waals surface area (Å²) >= 11 is 0. The molecule has 1 aliphatic rings. The van der Waals surface area contributed by atoms with Crippen molar-refractivity contribution in [3.8, 4) is 0 Å². The third-order valence-corrected chi connectivity index (χ3v) is 2.46. The summed E-state index contributed by atoms with van der Waals surface area (Å²) in [5, 5.41) is 0. The Balaban J connectivity index is 2.23. The first kappa shape index (κ1) is 10.1. The molecule has 1 aliphatic heterocycles. The number of hydrogen-bond donors (Lipinski definition) is 0. The van der Waals surface area contributed by atoms with E-state index in [4.69, 9.17) is 4.74 Å². The highest BCUT2D eigenvalue weighted by atomic mass is 19.1. The van der Waals surface area contributed by atoms with Gasteiger partial charge in [-0.25, -0.2) is 4.39 Å². The Labute approximate surface area is 87.5 Å². The summed E-state index contributed by atoms with van der Waals surface area (Å²) in [5.74, 6) is -0.346. The number of nitrogens with zero attached hydrogens (tertiary/aromatic N) is 1. The van der Waals surface area contributed by atoms with Crippen LogP contribution in [0.4, 0.5) is 10.1 Å². The summed E-state index contributed by atoms with van der Waals surface area (Å²) < 4.78 is 18.8. The van der Waals surface area contributed by atoms with Crippen molar-refractivity contribution in [2.75, 3.05) is 31.2 Å². The number of carbonyl (C=O) groups is 1. The molecule has 2 rings (SSSR count). The molecular formula is C11H12FNO2. The van der Waals surface area contributed by atoms with E-state index >= 15 is 0 Å². The second-order valence-electron chi connectivity index (χ2n) is 3.43. The quantitative estimate of drug-likeness (QED) is 0.691. The Kier molecular flexibility index (Phi) is 2.97. The first-order valence-corrected chi connectivity index (χ1v) is 4.88. The average molecular weight is 209 g/mol. The van der Waals surface area contributed by atoms with Crippen molar-refractivity contribution in [3.63, 3.8) is 0 Å². The molecule has 1 heterocycles. The van der Waals surface area contributed by atoms with E-state index in [0.29, 0.717) is 43.8 Å². The van der Waals surface area contributed by atoms with E-state index < -0.39 is 0 Å². The van der Waals surface area contributed by atoms with Crippen LogP contribution in [0.5, 0.6) is 0 Å². The summed E-state index contributed by atoms with van der Waals surface area (Å²) in [6.07, 6.45) is 0.645. The van der Waals surface area contributed by atoms with Gasteiger partial charge in [-0.1, -0.05) is 0 Å². The molecule has 1 aromatic rings. The predicted molar refractivity (Wildman–Crippen MR) is 54.8 cm³/mol. The molecule has 1 saturated heterocycles. The zero-order valence-corrected chi connectivity index (χ0v) is 8.28. The van der Waals surface area contributed by atoms with Gasteiger partial charge in [-0.15, -0.1) is 0 Å². The van der Waals surface area contributed by atoms with Gasteiger partial charge in [0.1, 0.15) is 12.1 Å². The highest BCUT2D eigenvalue weighted by Crippen LogP contribution is 2.20. The van der Waals surface area contributed by atoms with E-state index in [0.717, 1.165) is 0 Å². The molecule has 0 bridgehead atoms. The van der Waals surface area contributed by atoms with Gasteiger partial charge in [-0.3, -0.25) is 4.79 Å². The minimum Gasteiger partial charge on any atom is -0.378 e. The van der Waals surface area contributed by atoms with Crippen molar-refractivity contribution in [2.24, 2.45) is 0 Å². The topological polar surface area (TPSA) is 29.5 Å². The monoisotopic (exact) mass is 209 g/mol. The van der Waals surface area contributed by atoms with Gasteiger partial charge in [-0.05, 0) is 18.2 Å². The van der Waals surface area contributed by atoms with Crippen molar-refractivity contribution in [1.82, 2.24) is 0 Å². The normalized spacial score (nSPS) is 16.5. The molecule has 0 saturated carbocycles. The summed E-state index contributed by atoms with van der Waals surface area (Å²) in [6, 6.07) is 4.53. The molecule has 80 valence electrons. The van der Waals surface area contributed by atoms with Gasteiger partial charge in [0.15, 0.2) is 0 Å². The number of hydrogen-bond acceptors (Lipinski definition) is 3. The highest BCUT2D eigenvalue weighted by molar-refractivity contribution is 5.76. The zero-order chi connectivity index (χ0) is 10.7. The molecule has 1 fully saturated rings. The molecule has 0 aliphatic carbocycles. The fraction of sp³-hybridized carbons (Fsp3) is 0.364. The van der Waals surface area contributed by atoms with Crippen molar-refractivity contribution in [3.05, 3.63) is 29.6 Å². The van der Waals surface area contributed by atoms with Crippen molar-refractivity contribution < 1.29 is 13.9 Å². The fourth-order valence-electron chi connectivity index (χ4n) is 1.66. The number of ether oxygens (including phenoxy) is 1. The zero-order valence-electron chi connectivity index (χ0n) is 8.28. The van der Waals surface area contributed by atoms with Crippen molar-refractivity contribution in [1.29, 1.82) is 0 Å². The van der Waals surface area contributed by atoms with Crippen LogP contribution in [-0.4, -0.2) is 32.6 Å².